The highest BCUT2D eigenvalue weighted by atomic mass is 79.9. The Bertz CT molecular complexity index is 805. The largest absolute Gasteiger partial charge is 0.289 e. The number of allylic oxidation sites excluding steroid dienone is 2. The third kappa shape index (κ3) is 1.36. The molecule has 19 heavy (non-hydrogen) atoms. The molecule has 0 amide bonds. The quantitative estimate of drug-likeness (QED) is 0.745. The van der Waals surface area contributed by atoms with Crippen LogP contribution in [0.4, 0.5) is 0 Å². The topological polar surface area (TPSA) is 34.1 Å². The van der Waals surface area contributed by atoms with E-state index in [0.29, 0.717) is 15.6 Å². The van der Waals surface area contributed by atoms with Crippen molar-refractivity contribution in [1.29, 1.82) is 0 Å². The molecule has 4 rings (SSSR count). The first-order valence-electron chi connectivity index (χ1n) is 6.20. The Labute approximate surface area is 118 Å². The lowest BCUT2D eigenvalue weighted by Crippen LogP contribution is -2.00. The van der Waals surface area contributed by atoms with Gasteiger partial charge in [-0.15, -0.1) is 0 Å². The van der Waals surface area contributed by atoms with Crippen LogP contribution in [0.5, 0.6) is 0 Å². The van der Waals surface area contributed by atoms with Crippen molar-refractivity contribution in [3.05, 3.63) is 57.1 Å². The number of rotatable bonds is 0. The maximum atomic E-state index is 12.3. The number of hydrogen-bond acceptors (Lipinski definition) is 2. The highest BCUT2D eigenvalue weighted by Crippen LogP contribution is 2.38. The Balaban J connectivity index is 2.26. The molecule has 0 heterocycles. The van der Waals surface area contributed by atoms with E-state index < -0.39 is 0 Å². The summed E-state index contributed by atoms with van der Waals surface area (Å²) in [6.45, 7) is 0. The van der Waals surface area contributed by atoms with Gasteiger partial charge in [0, 0.05) is 22.6 Å². The van der Waals surface area contributed by atoms with E-state index in [4.69, 9.17) is 0 Å². The first kappa shape index (κ1) is 11.1. The van der Waals surface area contributed by atoms with Crippen LogP contribution in [0.15, 0.2) is 34.8 Å². The summed E-state index contributed by atoms with van der Waals surface area (Å²) < 4.78 is 0.337. The molecule has 2 aromatic rings. The first-order chi connectivity index (χ1) is 9.16. The van der Waals surface area contributed by atoms with Crippen LogP contribution >= 0.6 is 15.9 Å². The third-order valence-corrected chi connectivity index (χ3v) is 4.57. The molecule has 0 saturated carbocycles. The zero-order valence-corrected chi connectivity index (χ0v) is 11.6. The fourth-order valence-corrected chi connectivity index (χ4v) is 3.53. The molecule has 0 saturated heterocycles. The van der Waals surface area contributed by atoms with Gasteiger partial charge >= 0.3 is 0 Å². The summed E-state index contributed by atoms with van der Waals surface area (Å²) in [4.78, 5) is 24.6. The Morgan fingerprint density at radius 1 is 0.842 bits per heavy atom. The molecule has 0 bridgehead atoms. The lowest BCUT2D eigenvalue weighted by Gasteiger charge is -2.09. The molecule has 0 spiro atoms. The molecule has 3 heteroatoms. The van der Waals surface area contributed by atoms with Crippen molar-refractivity contribution in [3.63, 3.8) is 0 Å². The number of aryl methyl sites for hydroxylation is 2. The lowest BCUT2D eigenvalue weighted by atomic mass is 9.94. The number of ketones is 2. The Morgan fingerprint density at radius 2 is 1.47 bits per heavy atom. The van der Waals surface area contributed by atoms with E-state index in [1.807, 2.05) is 24.3 Å². The van der Waals surface area contributed by atoms with Gasteiger partial charge in [-0.25, -0.2) is 0 Å². The molecule has 0 aliphatic heterocycles. The number of carbonyl (C=O) groups excluding carboxylic acids is 2. The van der Waals surface area contributed by atoms with Crippen LogP contribution < -0.4 is 0 Å². The minimum absolute atomic E-state index is 0.102. The van der Waals surface area contributed by atoms with Crippen molar-refractivity contribution in [2.45, 2.75) is 12.8 Å². The number of carbonyl (C=O) groups is 2. The van der Waals surface area contributed by atoms with Crippen LogP contribution in [-0.2, 0) is 12.8 Å². The summed E-state index contributed by atoms with van der Waals surface area (Å²) >= 11 is 3.21. The molecule has 0 fully saturated rings. The molecule has 92 valence electrons. The number of halogens is 1. The molecular formula is C16H9BrO2. The summed E-state index contributed by atoms with van der Waals surface area (Å²) in [5.74, 6) is -0.211. The molecule has 2 aromatic carbocycles. The van der Waals surface area contributed by atoms with Crippen molar-refractivity contribution in [3.8, 4) is 0 Å². The van der Waals surface area contributed by atoms with Gasteiger partial charge in [0.05, 0.1) is 4.48 Å². The van der Waals surface area contributed by atoms with Crippen molar-refractivity contribution in [2.24, 2.45) is 0 Å². The molecule has 0 unspecified atom stereocenters. The van der Waals surface area contributed by atoms with Crippen LogP contribution in [0.2, 0.25) is 0 Å². The average Bonchev–Trinajstić information content (AvgIpc) is 2.80. The molecular weight excluding hydrogens is 304 g/mol. The Hall–Kier alpha value is -1.74. The van der Waals surface area contributed by atoms with Gasteiger partial charge in [-0.1, -0.05) is 24.3 Å². The number of Topliss-reactive ketones (excluding diaryl/α,β-unsaturated/α-hetero) is 1. The van der Waals surface area contributed by atoms with Gasteiger partial charge in [-0.2, -0.15) is 0 Å². The van der Waals surface area contributed by atoms with Crippen molar-refractivity contribution >= 4 is 38.3 Å². The van der Waals surface area contributed by atoms with E-state index in [-0.39, 0.29) is 11.6 Å². The highest BCUT2D eigenvalue weighted by Gasteiger charge is 2.26. The first-order valence-corrected chi connectivity index (χ1v) is 7.00. The average molecular weight is 313 g/mol. The maximum Gasteiger partial charge on any atom is 0.200 e. The van der Waals surface area contributed by atoms with Crippen LogP contribution in [-0.4, -0.2) is 11.6 Å². The van der Waals surface area contributed by atoms with E-state index in [1.165, 1.54) is 17.2 Å². The van der Waals surface area contributed by atoms with E-state index in [9.17, 15) is 9.59 Å². The standard InChI is InChI=1S/C16H9BrO2/c17-12-7-13(18)10-5-3-8-1-2-9-4-6-11(16(12)19)15(10)14(8)9/h3-7H,1-2H2. The van der Waals surface area contributed by atoms with Crippen LogP contribution in [0, 0.1) is 0 Å². The zero-order valence-electron chi connectivity index (χ0n) is 10.00. The molecule has 2 aliphatic rings. The summed E-state index contributed by atoms with van der Waals surface area (Å²) in [5, 5.41) is 1.96. The summed E-state index contributed by atoms with van der Waals surface area (Å²) in [6.07, 6.45) is 3.37. The second kappa shape index (κ2) is 3.64. The normalized spacial score (nSPS) is 16.8. The van der Waals surface area contributed by atoms with E-state index in [2.05, 4.69) is 15.9 Å². The van der Waals surface area contributed by atoms with Crippen molar-refractivity contribution in [2.75, 3.05) is 0 Å². The second-order valence-corrected chi connectivity index (χ2v) is 5.83. The van der Waals surface area contributed by atoms with Gasteiger partial charge in [-0.3, -0.25) is 9.59 Å². The van der Waals surface area contributed by atoms with E-state index in [0.717, 1.165) is 23.6 Å². The monoisotopic (exact) mass is 312 g/mol. The van der Waals surface area contributed by atoms with Gasteiger partial charge in [0.25, 0.3) is 0 Å². The molecule has 0 aromatic heterocycles. The van der Waals surface area contributed by atoms with Crippen LogP contribution in [0.3, 0.4) is 0 Å². The van der Waals surface area contributed by atoms with Gasteiger partial charge < -0.3 is 0 Å². The van der Waals surface area contributed by atoms with Gasteiger partial charge in [0.1, 0.15) is 0 Å². The minimum Gasteiger partial charge on any atom is -0.289 e. The lowest BCUT2D eigenvalue weighted by molar-refractivity contribution is 0.102. The summed E-state index contributed by atoms with van der Waals surface area (Å²) in [5.41, 5.74) is 3.76. The number of hydrogen-bond donors (Lipinski definition) is 0. The Morgan fingerprint density at radius 3 is 2.16 bits per heavy atom. The maximum absolute atomic E-state index is 12.3. The fourth-order valence-electron chi connectivity index (χ4n) is 3.11. The summed E-state index contributed by atoms with van der Waals surface area (Å²) in [7, 11) is 0. The summed E-state index contributed by atoms with van der Waals surface area (Å²) in [6, 6.07) is 7.75. The highest BCUT2D eigenvalue weighted by molar-refractivity contribution is 9.12. The third-order valence-electron chi connectivity index (χ3n) is 3.98. The second-order valence-electron chi connectivity index (χ2n) is 4.98. The smallest absolute Gasteiger partial charge is 0.200 e. The molecule has 0 atom stereocenters. The van der Waals surface area contributed by atoms with Gasteiger partial charge in [0.2, 0.25) is 5.78 Å². The van der Waals surface area contributed by atoms with Gasteiger partial charge in [0.15, 0.2) is 5.78 Å². The fraction of sp³-hybridized carbons (Fsp3) is 0.125. The molecule has 2 aliphatic carbocycles. The van der Waals surface area contributed by atoms with Crippen LogP contribution in [0.25, 0.3) is 10.8 Å². The minimum atomic E-state index is -0.109. The SMILES string of the molecule is O=C1C=C(Br)C(=O)c2ccc3c4c(ccc1c24)CC3. The molecule has 0 N–H and O–H groups in total. The molecule has 2 nitrogen and oxygen atoms in total. The molecule has 0 radical (unpaired) electrons. The van der Waals surface area contributed by atoms with E-state index in [1.54, 1.807) is 0 Å². The van der Waals surface area contributed by atoms with Crippen molar-refractivity contribution in [1.82, 2.24) is 0 Å². The predicted molar refractivity (Wildman–Crippen MR) is 77.0 cm³/mol. The van der Waals surface area contributed by atoms with Crippen molar-refractivity contribution < 1.29 is 9.59 Å². The van der Waals surface area contributed by atoms with Gasteiger partial charge in [-0.05, 0) is 45.3 Å². The Kier molecular flexibility index (Phi) is 2.13. The van der Waals surface area contributed by atoms with E-state index >= 15 is 0 Å². The van der Waals surface area contributed by atoms with Crippen LogP contribution in [0.1, 0.15) is 31.8 Å². The zero-order chi connectivity index (χ0) is 13.1. The number of benzene rings is 2. The predicted octanol–water partition coefficient (Wildman–Crippen LogP) is 3.60.